The summed E-state index contributed by atoms with van der Waals surface area (Å²) in [7, 11) is 4.00. The lowest BCUT2D eigenvalue weighted by molar-refractivity contribution is -0.128. The number of hydrogen-bond acceptors (Lipinski definition) is 2. The van der Waals surface area contributed by atoms with Crippen LogP contribution in [0.3, 0.4) is 0 Å². The number of hydrogen-bond donors (Lipinski definition) is 0. The highest BCUT2D eigenvalue weighted by Crippen LogP contribution is 2.27. The monoisotopic (exact) mass is 207 g/mol. The summed E-state index contributed by atoms with van der Waals surface area (Å²) in [6.45, 7) is 1.71. The van der Waals surface area contributed by atoms with Crippen molar-refractivity contribution < 1.29 is 4.79 Å². The minimum Gasteiger partial charge on any atom is -0.298 e. The molecular weight excluding hydrogens is 186 g/mol. The standard InChI is InChI=1S/C13H21NO/c1-12(15)13(14(2)3)10-8-6-4-5-7-9-11-13/h4-6,8H,7,9-11H2,1-3H3/b5-4-,8-6-. The van der Waals surface area contributed by atoms with Crippen molar-refractivity contribution in [1.29, 1.82) is 0 Å². The smallest absolute Gasteiger partial charge is 0.150 e. The van der Waals surface area contributed by atoms with Crippen LogP contribution in [0.2, 0.25) is 0 Å². The second-order valence-electron chi connectivity index (χ2n) is 4.43. The molecule has 0 spiro atoms. The van der Waals surface area contributed by atoms with Gasteiger partial charge in [0.25, 0.3) is 0 Å². The van der Waals surface area contributed by atoms with Gasteiger partial charge in [0.1, 0.15) is 5.78 Å². The first-order valence-electron chi connectivity index (χ1n) is 5.60. The Kier molecular flexibility index (Phi) is 4.28. The third-order valence-electron chi connectivity index (χ3n) is 3.31. The first-order valence-corrected chi connectivity index (χ1v) is 5.60. The Bertz CT molecular complexity index is 278. The molecule has 0 aromatic rings. The van der Waals surface area contributed by atoms with Gasteiger partial charge in [-0.15, -0.1) is 0 Å². The van der Waals surface area contributed by atoms with E-state index in [1.807, 2.05) is 20.2 Å². The van der Waals surface area contributed by atoms with Crippen LogP contribution in [0.5, 0.6) is 0 Å². The second kappa shape index (κ2) is 5.26. The van der Waals surface area contributed by atoms with E-state index in [0.29, 0.717) is 0 Å². The first-order chi connectivity index (χ1) is 7.09. The Morgan fingerprint density at radius 3 is 2.53 bits per heavy atom. The molecule has 2 heteroatoms. The van der Waals surface area contributed by atoms with Gasteiger partial charge in [0.15, 0.2) is 0 Å². The summed E-state index contributed by atoms with van der Waals surface area (Å²) in [5.41, 5.74) is -0.289. The molecule has 84 valence electrons. The maximum atomic E-state index is 11.8. The maximum absolute atomic E-state index is 11.8. The van der Waals surface area contributed by atoms with Gasteiger partial charge in [-0.2, -0.15) is 0 Å². The van der Waals surface area contributed by atoms with Crippen molar-refractivity contribution in [1.82, 2.24) is 4.90 Å². The molecule has 0 radical (unpaired) electrons. The largest absolute Gasteiger partial charge is 0.298 e. The highest BCUT2D eigenvalue weighted by atomic mass is 16.1. The zero-order valence-corrected chi connectivity index (χ0v) is 9.99. The molecule has 0 saturated heterocycles. The Morgan fingerprint density at radius 1 is 1.27 bits per heavy atom. The first kappa shape index (κ1) is 12.2. The van der Waals surface area contributed by atoms with E-state index < -0.39 is 0 Å². The molecule has 1 aliphatic carbocycles. The minimum atomic E-state index is -0.289. The van der Waals surface area contributed by atoms with Crippen molar-refractivity contribution in [2.75, 3.05) is 14.1 Å². The van der Waals surface area contributed by atoms with E-state index >= 15 is 0 Å². The summed E-state index contributed by atoms with van der Waals surface area (Å²) >= 11 is 0. The van der Waals surface area contributed by atoms with Gasteiger partial charge in [0.2, 0.25) is 0 Å². The Hall–Kier alpha value is -0.890. The second-order valence-corrected chi connectivity index (χ2v) is 4.43. The van der Waals surface area contributed by atoms with Crippen LogP contribution in [0, 0.1) is 0 Å². The molecule has 0 saturated carbocycles. The summed E-state index contributed by atoms with van der Waals surface area (Å²) in [6.07, 6.45) is 12.3. The number of carbonyl (C=O) groups excluding carboxylic acids is 1. The number of Topliss-reactive ketones (excluding diaryl/α,β-unsaturated/α-hetero) is 1. The van der Waals surface area contributed by atoms with Crippen LogP contribution in [0.15, 0.2) is 24.3 Å². The number of likely N-dealkylation sites (N-methyl/N-ethyl adjacent to an activating group) is 1. The van der Waals surface area contributed by atoms with Gasteiger partial charge < -0.3 is 0 Å². The van der Waals surface area contributed by atoms with E-state index in [1.165, 1.54) is 0 Å². The molecule has 0 heterocycles. The number of carbonyl (C=O) groups is 1. The van der Waals surface area contributed by atoms with Crippen molar-refractivity contribution in [2.45, 2.75) is 38.1 Å². The Balaban J connectivity index is 2.90. The number of allylic oxidation sites excluding steroid dienone is 3. The quantitative estimate of drug-likeness (QED) is 0.693. The number of rotatable bonds is 2. The van der Waals surface area contributed by atoms with E-state index in [1.54, 1.807) is 6.92 Å². The lowest BCUT2D eigenvalue weighted by atomic mass is 9.84. The lowest BCUT2D eigenvalue weighted by Gasteiger charge is -2.37. The van der Waals surface area contributed by atoms with Gasteiger partial charge >= 0.3 is 0 Å². The fraction of sp³-hybridized carbons (Fsp3) is 0.615. The molecule has 1 aliphatic rings. The van der Waals surface area contributed by atoms with Crippen molar-refractivity contribution >= 4 is 5.78 Å². The fourth-order valence-electron chi connectivity index (χ4n) is 2.17. The van der Waals surface area contributed by atoms with Gasteiger partial charge in [-0.1, -0.05) is 24.3 Å². The van der Waals surface area contributed by atoms with Crippen LogP contribution in [-0.4, -0.2) is 30.3 Å². The molecule has 1 rings (SSSR count). The van der Waals surface area contributed by atoms with Gasteiger partial charge in [-0.25, -0.2) is 0 Å². The zero-order valence-electron chi connectivity index (χ0n) is 9.99. The molecule has 1 atom stereocenters. The summed E-state index contributed by atoms with van der Waals surface area (Å²) in [4.78, 5) is 13.9. The number of nitrogens with zero attached hydrogens (tertiary/aromatic N) is 1. The predicted molar refractivity (Wildman–Crippen MR) is 63.8 cm³/mol. The third-order valence-corrected chi connectivity index (χ3v) is 3.31. The predicted octanol–water partition coefficient (Wildman–Crippen LogP) is 2.56. The van der Waals surface area contributed by atoms with Crippen LogP contribution in [-0.2, 0) is 4.79 Å². The Labute approximate surface area is 92.7 Å². The SMILES string of the molecule is CC(=O)C1(N(C)C)C/C=C\C=C/CCC1. The van der Waals surface area contributed by atoms with E-state index in [2.05, 4.69) is 23.1 Å². The van der Waals surface area contributed by atoms with Crippen molar-refractivity contribution in [2.24, 2.45) is 0 Å². The summed E-state index contributed by atoms with van der Waals surface area (Å²) in [6, 6.07) is 0. The lowest BCUT2D eigenvalue weighted by Crippen LogP contribution is -2.49. The third kappa shape index (κ3) is 2.78. The minimum absolute atomic E-state index is 0.277. The summed E-state index contributed by atoms with van der Waals surface area (Å²) in [5, 5.41) is 0. The average Bonchev–Trinajstić information content (AvgIpc) is 2.28. The molecule has 0 aromatic heterocycles. The van der Waals surface area contributed by atoms with E-state index in [0.717, 1.165) is 25.7 Å². The van der Waals surface area contributed by atoms with E-state index in [4.69, 9.17) is 0 Å². The molecule has 0 N–H and O–H groups in total. The van der Waals surface area contributed by atoms with Gasteiger partial charge in [0, 0.05) is 0 Å². The normalized spacial score (nSPS) is 31.5. The van der Waals surface area contributed by atoms with Crippen LogP contribution >= 0.6 is 0 Å². The van der Waals surface area contributed by atoms with Gasteiger partial charge in [-0.3, -0.25) is 9.69 Å². The van der Waals surface area contributed by atoms with Crippen molar-refractivity contribution in [3.8, 4) is 0 Å². The van der Waals surface area contributed by atoms with Crippen molar-refractivity contribution in [3.05, 3.63) is 24.3 Å². The van der Waals surface area contributed by atoms with E-state index in [-0.39, 0.29) is 11.3 Å². The highest BCUT2D eigenvalue weighted by molar-refractivity contribution is 5.86. The van der Waals surface area contributed by atoms with Gasteiger partial charge in [0.05, 0.1) is 5.54 Å². The molecule has 0 aromatic carbocycles. The molecule has 2 nitrogen and oxygen atoms in total. The fourth-order valence-corrected chi connectivity index (χ4v) is 2.17. The molecule has 0 bridgehead atoms. The molecule has 15 heavy (non-hydrogen) atoms. The molecular formula is C13H21NO. The average molecular weight is 207 g/mol. The maximum Gasteiger partial charge on any atom is 0.150 e. The molecule has 0 aliphatic heterocycles. The van der Waals surface area contributed by atoms with Crippen LogP contribution in [0.4, 0.5) is 0 Å². The van der Waals surface area contributed by atoms with Crippen molar-refractivity contribution in [3.63, 3.8) is 0 Å². The van der Waals surface area contributed by atoms with Crippen LogP contribution in [0.1, 0.15) is 32.6 Å². The summed E-state index contributed by atoms with van der Waals surface area (Å²) in [5.74, 6) is 0.277. The summed E-state index contributed by atoms with van der Waals surface area (Å²) < 4.78 is 0. The Morgan fingerprint density at radius 2 is 1.93 bits per heavy atom. The van der Waals surface area contributed by atoms with Crippen LogP contribution < -0.4 is 0 Å². The number of ketones is 1. The topological polar surface area (TPSA) is 20.3 Å². The molecule has 0 fully saturated rings. The highest BCUT2D eigenvalue weighted by Gasteiger charge is 2.35. The molecule has 1 unspecified atom stereocenters. The van der Waals surface area contributed by atoms with Crippen LogP contribution in [0.25, 0.3) is 0 Å². The van der Waals surface area contributed by atoms with Gasteiger partial charge in [-0.05, 0) is 46.7 Å². The van der Waals surface area contributed by atoms with E-state index in [9.17, 15) is 4.79 Å². The zero-order chi connectivity index (χ0) is 11.3. The molecule has 0 amide bonds.